The van der Waals surface area contributed by atoms with Gasteiger partial charge in [-0.3, -0.25) is 0 Å². The van der Waals surface area contributed by atoms with Gasteiger partial charge in [-0.1, -0.05) is 6.07 Å². The Labute approximate surface area is 109 Å². The van der Waals surface area contributed by atoms with Crippen LogP contribution in [0.15, 0.2) is 18.2 Å². The molecule has 3 nitrogen and oxygen atoms in total. The average molecular weight is 278 g/mol. The number of halogens is 3. The minimum atomic E-state index is -4.41. The Kier molecular flexibility index (Phi) is 5.20. The molecule has 0 radical (unpaired) electrons. The third-order valence-electron chi connectivity index (χ3n) is 2.88. The van der Waals surface area contributed by atoms with Gasteiger partial charge in [-0.2, -0.15) is 13.2 Å². The third-order valence-corrected chi connectivity index (χ3v) is 2.88. The molecule has 0 aliphatic heterocycles. The Morgan fingerprint density at radius 1 is 1.26 bits per heavy atom. The molecule has 0 aliphatic rings. The number of benzene rings is 1. The first-order valence-corrected chi connectivity index (χ1v) is 5.86. The highest BCUT2D eigenvalue weighted by Gasteiger charge is 2.31. The topological polar surface area (TPSA) is 49.7 Å². The van der Waals surface area contributed by atoms with Gasteiger partial charge in [0.05, 0.1) is 24.9 Å². The molecular weight excluding hydrogens is 261 g/mol. The number of methoxy groups -OCH3 is 1. The molecule has 0 saturated carbocycles. The quantitative estimate of drug-likeness (QED) is 0.869. The molecule has 1 rings (SSSR count). The minimum absolute atomic E-state index is 0.132. The van der Waals surface area contributed by atoms with Gasteiger partial charge in [0, 0.05) is 0 Å². The molecule has 0 saturated heterocycles. The van der Waals surface area contributed by atoms with Crippen molar-refractivity contribution >= 4 is 0 Å². The molecule has 0 heterocycles. The molecule has 0 amide bonds. The van der Waals surface area contributed by atoms with Crippen LogP contribution in [0.3, 0.4) is 0 Å². The van der Waals surface area contributed by atoms with E-state index in [1.807, 2.05) is 0 Å². The highest BCUT2D eigenvalue weighted by molar-refractivity contribution is 5.38. The molecule has 0 aliphatic carbocycles. The molecule has 19 heavy (non-hydrogen) atoms. The van der Waals surface area contributed by atoms with Gasteiger partial charge in [0.1, 0.15) is 5.75 Å². The Morgan fingerprint density at radius 2 is 1.89 bits per heavy atom. The Hall–Kier alpha value is -1.27. The van der Waals surface area contributed by atoms with Crippen LogP contribution in [0.1, 0.15) is 24.5 Å². The van der Waals surface area contributed by atoms with Crippen molar-refractivity contribution < 1.29 is 28.1 Å². The van der Waals surface area contributed by atoms with Gasteiger partial charge in [-0.05, 0) is 37.5 Å². The normalized spacial score (nSPS) is 15.1. The number of alkyl halides is 3. The molecule has 2 N–H and O–H groups in total. The van der Waals surface area contributed by atoms with Crippen LogP contribution in [0.4, 0.5) is 13.2 Å². The summed E-state index contributed by atoms with van der Waals surface area (Å²) in [6.07, 6.45) is -5.62. The second-order valence-electron chi connectivity index (χ2n) is 4.37. The zero-order chi connectivity index (χ0) is 14.6. The summed E-state index contributed by atoms with van der Waals surface area (Å²) in [7, 11) is 1.30. The molecule has 2 atom stereocenters. The first kappa shape index (κ1) is 15.8. The van der Waals surface area contributed by atoms with Crippen molar-refractivity contribution in [2.45, 2.75) is 38.1 Å². The number of aliphatic hydroxyl groups excluding tert-OH is 2. The highest BCUT2D eigenvalue weighted by Crippen LogP contribution is 2.33. The molecule has 6 heteroatoms. The van der Waals surface area contributed by atoms with E-state index in [1.54, 1.807) is 0 Å². The van der Waals surface area contributed by atoms with Crippen LogP contribution >= 0.6 is 0 Å². The monoisotopic (exact) mass is 278 g/mol. The molecule has 0 aromatic heterocycles. The average Bonchev–Trinajstić information content (AvgIpc) is 2.34. The smallest absolute Gasteiger partial charge is 0.416 e. The minimum Gasteiger partial charge on any atom is -0.496 e. The van der Waals surface area contributed by atoms with E-state index < -0.39 is 23.9 Å². The standard InChI is InChI=1S/C13H17F3O3/c1-8(17)11(18)6-4-9-3-5-10(13(14,15)16)7-12(9)19-2/h3,5,7-8,11,17-18H,4,6H2,1-2H3. The van der Waals surface area contributed by atoms with E-state index in [-0.39, 0.29) is 12.2 Å². The molecule has 0 bridgehead atoms. The van der Waals surface area contributed by atoms with Gasteiger partial charge in [0.15, 0.2) is 0 Å². The lowest BCUT2D eigenvalue weighted by atomic mass is 10.0. The number of hydrogen-bond acceptors (Lipinski definition) is 3. The summed E-state index contributed by atoms with van der Waals surface area (Å²) >= 11 is 0. The number of aliphatic hydroxyl groups is 2. The first-order chi connectivity index (χ1) is 8.75. The number of rotatable bonds is 5. The Bertz CT molecular complexity index is 416. The summed E-state index contributed by atoms with van der Waals surface area (Å²) in [5, 5.41) is 18.6. The number of hydrogen-bond donors (Lipinski definition) is 2. The highest BCUT2D eigenvalue weighted by atomic mass is 19.4. The van der Waals surface area contributed by atoms with Gasteiger partial charge in [0.2, 0.25) is 0 Å². The van der Waals surface area contributed by atoms with Crippen LogP contribution in [0.2, 0.25) is 0 Å². The van der Waals surface area contributed by atoms with Crippen molar-refractivity contribution in [2.24, 2.45) is 0 Å². The SMILES string of the molecule is COc1cc(C(F)(F)F)ccc1CCC(O)C(C)O. The fourth-order valence-corrected chi connectivity index (χ4v) is 1.67. The lowest BCUT2D eigenvalue weighted by molar-refractivity contribution is -0.137. The van der Waals surface area contributed by atoms with E-state index in [9.17, 15) is 18.3 Å². The zero-order valence-electron chi connectivity index (χ0n) is 10.7. The fourth-order valence-electron chi connectivity index (χ4n) is 1.67. The van der Waals surface area contributed by atoms with Crippen molar-refractivity contribution in [3.05, 3.63) is 29.3 Å². The van der Waals surface area contributed by atoms with E-state index in [0.29, 0.717) is 12.0 Å². The summed E-state index contributed by atoms with van der Waals surface area (Å²) in [6, 6.07) is 3.24. The maximum absolute atomic E-state index is 12.5. The van der Waals surface area contributed by atoms with Gasteiger partial charge >= 0.3 is 6.18 Å². The second kappa shape index (κ2) is 6.25. The van der Waals surface area contributed by atoms with E-state index in [4.69, 9.17) is 9.84 Å². The van der Waals surface area contributed by atoms with Crippen LogP contribution in [0, 0.1) is 0 Å². The predicted molar refractivity (Wildman–Crippen MR) is 64.0 cm³/mol. The summed E-state index contributed by atoms with van der Waals surface area (Å²) in [5.41, 5.74) is -0.209. The van der Waals surface area contributed by atoms with Crippen molar-refractivity contribution in [1.29, 1.82) is 0 Å². The predicted octanol–water partition coefficient (Wildman–Crippen LogP) is 2.39. The lowest BCUT2D eigenvalue weighted by Gasteiger charge is -2.16. The van der Waals surface area contributed by atoms with E-state index >= 15 is 0 Å². The fraction of sp³-hybridized carbons (Fsp3) is 0.538. The number of aryl methyl sites for hydroxylation is 1. The van der Waals surface area contributed by atoms with Gasteiger partial charge in [-0.15, -0.1) is 0 Å². The zero-order valence-corrected chi connectivity index (χ0v) is 10.7. The second-order valence-corrected chi connectivity index (χ2v) is 4.37. The molecule has 0 spiro atoms. The Morgan fingerprint density at radius 3 is 2.37 bits per heavy atom. The maximum atomic E-state index is 12.5. The molecule has 0 fully saturated rings. The van der Waals surface area contributed by atoms with E-state index in [0.717, 1.165) is 12.1 Å². The Balaban J connectivity index is 2.85. The molecular formula is C13H17F3O3. The lowest BCUT2D eigenvalue weighted by Crippen LogP contribution is -2.22. The largest absolute Gasteiger partial charge is 0.496 e. The van der Waals surface area contributed by atoms with E-state index in [2.05, 4.69) is 0 Å². The third kappa shape index (κ3) is 4.40. The molecule has 1 aromatic rings. The van der Waals surface area contributed by atoms with Crippen molar-refractivity contribution in [3.8, 4) is 5.75 Å². The molecule has 2 unspecified atom stereocenters. The summed E-state index contributed by atoms with van der Waals surface area (Å²) < 4.78 is 42.5. The summed E-state index contributed by atoms with van der Waals surface area (Å²) in [4.78, 5) is 0. The molecule has 108 valence electrons. The molecule has 1 aromatic carbocycles. The van der Waals surface area contributed by atoms with Crippen LogP contribution < -0.4 is 4.74 Å². The van der Waals surface area contributed by atoms with Crippen LogP contribution in [0.5, 0.6) is 5.75 Å². The number of ether oxygens (including phenoxy) is 1. The van der Waals surface area contributed by atoms with Crippen molar-refractivity contribution in [2.75, 3.05) is 7.11 Å². The van der Waals surface area contributed by atoms with Gasteiger partial charge in [-0.25, -0.2) is 0 Å². The van der Waals surface area contributed by atoms with Crippen molar-refractivity contribution in [1.82, 2.24) is 0 Å². The van der Waals surface area contributed by atoms with Gasteiger partial charge < -0.3 is 14.9 Å². The van der Waals surface area contributed by atoms with Crippen molar-refractivity contribution in [3.63, 3.8) is 0 Å². The summed E-state index contributed by atoms with van der Waals surface area (Å²) in [6.45, 7) is 1.45. The first-order valence-electron chi connectivity index (χ1n) is 5.86. The van der Waals surface area contributed by atoms with Crippen LogP contribution in [0.25, 0.3) is 0 Å². The summed E-state index contributed by atoms with van der Waals surface area (Å²) in [5.74, 6) is 0.132. The van der Waals surface area contributed by atoms with E-state index in [1.165, 1.54) is 20.1 Å². The van der Waals surface area contributed by atoms with Crippen LogP contribution in [-0.4, -0.2) is 29.5 Å². The maximum Gasteiger partial charge on any atom is 0.416 e. The van der Waals surface area contributed by atoms with Gasteiger partial charge in [0.25, 0.3) is 0 Å². The van der Waals surface area contributed by atoms with Crippen LogP contribution in [-0.2, 0) is 12.6 Å².